The number of carbonyl (C=O) groups is 1. The molecular formula is C18H18N6O3. The summed E-state index contributed by atoms with van der Waals surface area (Å²) in [6.07, 6.45) is 4.18. The Balaban J connectivity index is 1.41. The zero-order valence-electron chi connectivity index (χ0n) is 14.5. The number of H-pyrrole nitrogens is 1. The fraction of sp³-hybridized carbons (Fsp3) is 0.333. The summed E-state index contributed by atoms with van der Waals surface area (Å²) in [6, 6.07) is 9.24. The number of rotatable bonds is 2. The molecule has 0 saturated carbocycles. The normalized spacial score (nSPS) is 21.6. The number of aromatic amines is 1. The second-order valence-electron chi connectivity index (χ2n) is 6.95. The number of nitrogens with one attached hydrogen (secondary N) is 1. The summed E-state index contributed by atoms with van der Waals surface area (Å²) < 4.78 is 9.33. The molecule has 4 heterocycles. The van der Waals surface area contributed by atoms with Crippen molar-refractivity contribution in [1.82, 2.24) is 29.4 Å². The molecule has 9 nitrogen and oxygen atoms in total. The summed E-state index contributed by atoms with van der Waals surface area (Å²) in [6.45, 7) is 1.69. The third kappa shape index (κ3) is 2.58. The summed E-state index contributed by atoms with van der Waals surface area (Å²) >= 11 is 0. The summed E-state index contributed by atoms with van der Waals surface area (Å²) in [7, 11) is 0. The van der Waals surface area contributed by atoms with Gasteiger partial charge in [0.25, 0.3) is 5.91 Å². The number of carbonyl (C=O) groups excluding carboxylic acids is 1. The van der Waals surface area contributed by atoms with E-state index >= 15 is 0 Å². The third-order valence-corrected chi connectivity index (χ3v) is 5.28. The number of likely N-dealkylation sites (tertiary alicyclic amines) is 1. The Morgan fingerprint density at radius 1 is 1.22 bits per heavy atom. The first-order chi connectivity index (χ1) is 13.2. The lowest BCUT2D eigenvalue weighted by Crippen LogP contribution is -2.47. The van der Waals surface area contributed by atoms with Crippen LogP contribution >= 0.6 is 0 Å². The first-order valence-corrected chi connectivity index (χ1v) is 8.82. The van der Waals surface area contributed by atoms with Crippen LogP contribution in [0, 0.1) is 0 Å². The Kier molecular flexibility index (Phi) is 3.51. The predicted octanol–water partition coefficient (Wildman–Crippen LogP) is 0.572. The van der Waals surface area contributed by atoms with Gasteiger partial charge in [0, 0.05) is 18.9 Å². The van der Waals surface area contributed by atoms with E-state index in [1.807, 2.05) is 36.5 Å². The summed E-state index contributed by atoms with van der Waals surface area (Å²) in [5.41, 5.74) is 0.555. The van der Waals surface area contributed by atoms with Gasteiger partial charge >= 0.3 is 5.69 Å². The van der Waals surface area contributed by atoms with Crippen molar-refractivity contribution in [3.63, 3.8) is 0 Å². The van der Waals surface area contributed by atoms with Crippen LogP contribution < -0.4 is 5.69 Å². The third-order valence-electron chi connectivity index (χ3n) is 5.28. The van der Waals surface area contributed by atoms with Gasteiger partial charge in [-0.25, -0.2) is 14.6 Å². The second-order valence-corrected chi connectivity index (χ2v) is 6.95. The maximum absolute atomic E-state index is 13.2. The summed E-state index contributed by atoms with van der Waals surface area (Å²) in [4.78, 5) is 26.9. The van der Waals surface area contributed by atoms with E-state index in [4.69, 9.17) is 4.74 Å². The molecule has 1 spiro atoms. The largest absolute Gasteiger partial charge is 0.363 e. The van der Waals surface area contributed by atoms with E-state index in [1.54, 1.807) is 20.3 Å². The first kappa shape index (κ1) is 16.0. The van der Waals surface area contributed by atoms with Gasteiger partial charge in [-0.1, -0.05) is 12.1 Å². The lowest BCUT2D eigenvalue weighted by Gasteiger charge is -2.33. The molecule has 0 radical (unpaired) electrons. The van der Waals surface area contributed by atoms with E-state index in [0.717, 1.165) is 5.69 Å². The van der Waals surface area contributed by atoms with Gasteiger partial charge in [0.05, 0.1) is 24.3 Å². The molecule has 9 heteroatoms. The van der Waals surface area contributed by atoms with E-state index in [9.17, 15) is 9.59 Å². The molecule has 0 bridgehead atoms. The maximum atomic E-state index is 13.2. The zero-order valence-corrected chi connectivity index (χ0v) is 14.5. The minimum atomic E-state index is -0.545. The molecular weight excluding hydrogens is 348 g/mol. The van der Waals surface area contributed by atoms with E-state index < -0.39 is 5.60 Å². The van der Waals surface area contributed by atoms with Gasteiger partial charge in [0.2, 0.25) is 0 Å². The van der Waals surface area contributed by atoms with Crippen molar-refractivity contribution >= 4 is 5.91 Å². The Morgan fingerprint density at radius 2 is 2.11 bits per heavy atom. The van der Waals surface area contributed by atoms with Crippen molar-refractivity contribution in [3.05, 3.63) is 64.6 Å². The van der Waals surface area contributed by atoms with E-state index in [-0.39, 0.29) is 18.2 Å². The van der Waals surface area contributed by atoms with Gasteiger partial charge < -0.3 is 9.64 Å². The first-order valence-electron chi connectivity index (χ1n) is 8.82. The fourth-order valence-electron chi connectivity index (χ4n) is 3.88. The number of aromatic nitrogens is 5. The number of para-hydroxylation sites is 1. The van der Waals surface area contributed by atoms with Crippen molar-refractivity contribution in [1.29, 1.82) is 0 Å². The van der Waals surface area contributed by atoms with Crippen LogP contribution in [0.25, 0.3) is 5.69 Å². The number of fused-ring (bicyclic) bond motifs is 1. The molecule has 1 saturated heterocycles. The molecule has 1 amide bonds. The van der Waals surface area contributed by atoms with Gasteiger partial charge in [-0.2, -0.15) is 10.2 Å². The van der Waals surface area contributed by atoms with Crippen LogP contribution in [0.1, 0.15) is 22.6 Å². The molecule has 1 unspecified atom stereocenters. The van der Waals surface area contributed by atoms with E-state index in [0.29, 0.717) is 37.4 Å². The Labute approximate surface area is 154 Å². The van der Waals surface area contributed by atoms with Crippen LogP contribution in [0.5, 0.6) is 0 Å². The Bertz CT molecular complexity index is 1050. The molecule has 1 atom stereocenters. The van der Waals surface area contributed by atoms with Crippen LogP contribution in [0.3, 0.4) is 0 Å². The SMILES string of the molecule is O=C(c1ccccc1-n1cccn1)N1CCC2(C1)Cn1c(n[nH]c1=O)CO2. The maximum Gasteiger partial charge on any atom is 0.343 e. The standard InChI is InChI=1S/C18H18N6O3/c25-16(13-4-1-2-5-14(13)24-8-3-7-19-24)22-9-6-18(11-22)12-23-15(10-27-18)20-21-17(23)26/h1-5,7-8H,6,9-12H2,(H,21,26). The molecule has 1 aromatic carbocycles. The monoisotopic (exact) mass is 366 g/mol. The Morgan fingerprint density at radius 3 is 2.96 bits per heavy atom. The van der Waals surface area contributed by atoms with E-state index in [2.05, 4.69) is 15.3 Å². The van der Waals surface area contributed by atoms with Gasteiger partial charge in [0.15, 0.2) is 5.82 Å². The van der Waals surface area contributed by atoms with Crippen LogP contribution in [0.15, 0.2) is 47.5 Å². The number of hydrogen-bond acceptors (Lipinski definition) is 5. The van der Waals surface area contributed by atoms with Crippen LogP contribution in [-0.4, -0.2) is 54.0 Å². The highest BCUT2D eigenvalue weighted by atomic mass is 16.5. The topological polar surface area (TPSA) is 98.0 Å². The van der Waals surface area contributed by atoms with Crippen molar-refractivity contribution in [2.75, 3.05) is 13.1 Å². The number of nitrogens with zero attached hydrogens (tertiary/aromatic N) is 5. The minimum Gasteiger partial charge on any atom is -0.363 e. The van der Waals surface area contributed by atoms with Crippen LogP contribution in [0.2, 0.25) is 0 Å². The predicted molar refractivity (Wildman–Crippen MR) is 94.5 cm³/mol. The van der Waals surface area contributed by atoms with Crippen molar-refractivity contribution in [2.24, 2.45) is 0 Å². The molecule has 2 aliphatic heterocycles. The van der Waals surface area contributed by atoms with Crippen molar-refractivity contribution < 1.29 is 9.53 Å². The van der Waals surface area contributed by atoms with Crippen molar-refractivity contribution in [2.45, 2.75) is 25.2 Å². The van der Waals surface area contributed by atoms with Gasteiger partial charge in [0.1, 0.15) is 12.2 Å². The Hall–Kier alpha value is -3.20. The smallest absolute Gasteiger partial charge is 0.343 e. The van der Waals surface area contributed by atoms with Gasteiger partial charge in [-0.15, -0.1) is 0 Å². The van der Waals surface area contributed by atoms with E-state index in [1.165, 1.54) is 0 Å². The molecule has 2 aromatic heterocycles. The minimum absolute atomic E-state index is 0.0630. The molecule has 27 heavy (non-hydrogen) atoms. The molecule has 2 aliphatic rings. The molecule has 138 valence electrons. The lowest BCUT2D eigenvalue weighted by molar-refractivity contribution is -0.0816. The molecule has 1 fully saturated rings. The highest BCUT2D eigenvalue weighted by Gasteiger charge is 2.45. The summed E-state index contributed by atoms with van der Waals surface area (Å²) in [5, 5.41) is 10.7. The quantitative estimate of drug-likeness (QED) is 0.715. The number of amides is 1. The number of benzene rings is 1. The molecule has 5 rings (SSSR count). The highest BCUT2D eigenvalue weighted by molar-refractivity contribution is 5.98. The van der Waals surface area contributed by atoms with Crippen molar-refractivity contribution in [3.8, 4) is 5.69 Å². The van der Waals surface area contributed by atoms with Crippen LogP contribution in [0.4, 0.5) is 0 Å². The van der Waals surface area contributed by atoms with Crippen LogP contribution in [-0.2, 0) is 17.9 Å². The number of hydrogen-bond donors (Lipinski definition) is 1. The highest BCUT2D eigenvalue weighted by Crippen LogP contribution is 2.32. The average molecular weight is 366 g/mol. The second kappa shape index (κ2) is 5.92. The molecule has 1 N–H and O–H groups in total. The molecule has 0 aliphatic carbocycles. The fourth-order valence-corrected chi connectivity index (χ4v) is 3.88. The zero-order chi connectivity index (χ0) is 18.4. The average Bonchev–Trinajstić information content (AvgIpc) is 3.43. The van der Waals surface area contributed by atoms with Gasteiger partial charge in [-0.05, 0) is 24.6 Å². The molecule has 3 aromatic rings. The lowest BCUT2D eigenvalue weighted by atomic mass is 10.0. The van der Waals surface area contributed by atoms with Gasteiger partial charge in [-0.3, -0.25) is 9.36 Å². The number of ether oxygens (including phenoxy) is 1. The summed E-state index contributed by atoms with van der Waals surface area (Å²) in [5.74, 6) is 0.534.